The van der Waals surface area contributed by atoms with Crippen LogP contribution in [0.25, 0.3) is 11.0 Å². The van der Waals surface area contributed by atoms with Crippen LogP contribution >= 0.6 is 0 Å². The number of nitrogens with zero attached hydrogens (tertiary/aromatic N) is 5. The molecule has 0 unspecified atom stereocenters. The Morgan fingerprint density at radius 1 is 1.30 bits per heavy atom. The van der Waals surface area contributed by atoms with Crippen molar-refractivity contribution in [2.24, 2.45) is 5.16 Å². The van der Waals surface area contributed by atoms with Crippen LogP contribution in [-0.4, -0.2) is 61.3 Å². The van der Waals surface area contributed by atoms with Crippen molar-refractivity contribution in [2.45, 2.75) is 70.1 Å². The van der Waals surface area contributed by atoms with Crippen LogP contribution in [0.2, 0.25) is 0 Å². The molecule has 2 aliphatic heterocycles. The molecule has 0 atom stereocenters. The first-order chi connectivity index (χ1) is 14.6. The van der Waals surface area contributed by atoms with Gasteiger partial charge in [0.05, 0.1) is 23.0 Å². The summed E-state index contributed by atoms with van der Waals surface area (Å²) in [5.74, 6) is 0. The van der Waals surface area contributed by atoms with Gasteiger partial charge in [0.25, 0.3) is 0 Å². The highest BCUT2D eigenvalue weighted by atomic mass is 16.7. The zero-order chi connectivity index (χ0) is 20.7. The number of piperidine rings is 1. The minimum atomic E-state index is -0.844. The van der Waals surface area contributed by atoms with Crippen LogP contribution in [0.4, 0.5) is 10.5 Å². The van der Waals surface area contributed by atoms with Crippen molar-refractivity contribution < 1.29 is 14.7 Å². The van der Waals surface area contributed by atoms with E-state index in [9.17, 15) is 9.90 Å². The quantitative estimate of drug-likeness (QED) is 0.797. The summed E-state index contributed by atoms with van der Waals surface area (Å²) >= 11 is 0. The van der Waals surface area contributed by atoms with E-state index in [-0.39, 0.29) is 11.6 Å². The fourth-order valence-corrected chi connectivity index (χ4v) is 5.01. The van der Waals surface area contributed by atoms with Gasteiger partial charge in [-0.2, -0.15) is 5.10 Å². The van der Waals surface area contributed by atoms with E-state index in [0.29, 0.717) is 13.1 Å². The zero-order valence-electron chi connectivity index (χ0n) is 17.3. The van der Waals surface area contributed by atoms with Crippen molar-refractivity contribution in [1.29, 1.82) is 0 Å². The number of carbonyl (C=O) groups is 1. The smallest absolute Gasteiger partial charge is 0.407 e. The van der Waals surface area contributed by atoms with Crippen molar-refractivity contribution in [3.63, 3.8) is 0 Å². The Hall–Kier alpha value is -2.84. The normalized spacial score (nSPS) is 21.2. The van der Waals surface area contributed by atoms with Gasteiger partial charge < -0.3 is 20.2 Å². The van der Waals surface area contributed by atoms with Gasteiger partial charge in [0.15, 0.2) is 5.65 Å². The number of hydrogen-bond acceptors (Lipinski definition) is 6. The molecule has 0 aromatic carbocycles. The van der Waals surface area contributed by atoms with Crippen molar-refractivity contribution in [3.05, 3.63) is 18.0 Å². The number of rotatable bonds is 4. The zero-order valence-corrected chi connectivity index (χ0v) is 17.3. The van der Waals surface area contributed by atoms with E-state index in [4.69, 9.17) is 9.82 Å². The fraction of sp³-hybridized carbons (Fsp3) is 0.619. The maximum atomic E-state index is 11.2. The lowest BCUT2D eigenvalue weighted by atomic mass is 9.92. The molecule has 2 aromatic heterocycles. The molecule has 1 amide bonds. The molecule has 9 heteroatoms. The van der Waals surface area contributed by atoms with Crippen LogP contribution in [0, 0.1) is 0 Å². The lowest BCUT2D eigenvalue weighted by Crippen LogP contribution is -2.41. The number of carboxylic acid groups (broad SMARTS) is 1. The SMILES string of the molecule is CCn1ncc2c(NC3CCN(C(=O)O)CC3)c(C3=NOC4(CCCC4)C3)cnc21. The van der Waals surface area contributed by atoms with Crippen molar-refractivity contribution in [2.75, 3.05) is 18.4 Å². The van der Waals surface area contributed by atoms with Crippen LogP contribution in [0.15, 0.2) is 17.5 Å². The number of hydrogen-bond donors (Lipinski definition) is 2. The Morgan fingerprint density at radius 2 is 2.07 bits per heavy atom. The predicted octanol–water partition coefficient (Wildman–Crippen LogP) is 3.44. The van der Waals surface area contributed by atoms with E-state index in [0.717, 1.165) is 66.6 Å². The summed E-state index contributed by atoms with van der Waals surface area (Å²) in [6.45, 7) is 3.88. The molecule has 4 heterocycles. The second-order valence-electron chi connectivity index (χ2n) is 8.63. The topological polar surface area (TPSA) is 105 Å². The first kappa shape index (κ1) is 19.1. The monoisotopic (exact) mass is 412 g/mol. The van der Waals surface area contributed by atoms with Gasteiger partial charge in [-0.1, -0.05) is 5.16 Å². The average molecular weight is 412 g/mol. The second-order valence-corrected chi connectivity index (χ2v) is 8.63. The molecule has 0 bridgehead atoms. The maximum Gasteiger partial charge on any atom is 0.407 e. The molecule has 3 aliphatic rings. The number of aromatic nitrogens is 3. The van der Waals surface area contributed by atoms with Gasteiger partial charge in [0.1, 0.15) is 5.60 Å². The fourth-order valence-electron chi connectivity index (χ4n) is 5.01. The number of aryl methyl sites for hydroxylation is 1. The molecule has 9 nitrogen and oxygen atoms in total. The predicted molar refractivity (Wildman–Crippen MR) is 113 cm³/mol. The molecule has 160 valence electrons. The minimum absolute atomic E-state index is 0.137. The number of fused-ring (bicyclic) bond motifs is 1. The van der Waals surface area contributed by atoms with E-state index < -0.39 is 6.09 Å². The molecular formula is C21H28N6O3. The van der Waals surface area contributed by atoms with Gasteiger partial charge in [0, 0.05) is 43.9 Å². The summed E-state index contributed by atoms with van der Waals surface area (Å²) in [4.78, 5) is 23.3. The molecule has 1 saturated carbocycles. The highest BCUT2D eigenvalue weighted by Gasteiger charge is 2.42. The second kappa shape index (κ2) is 7.45. The highest BCUT2D eigenvalue weighted by Crippen LogP contribution is 2.42. The average Bonchev–Trinajstić information content (AvgIpc) is 3.49. The summed E-state index contributed by atoms with van der Waals surface area (Å²) in [5.41, 5.74) is 3.62. The van der Waals surface area contributed by atoms with Gasteiger partial charge >= 0.3 is 6.09 Å². The maximum absolute atomic E-state index is 11.2. The van der Waals surface area contributed by atoms with Crippen LogP contribution in [0.1, 0.15) is 57.4 Å². The number of pyridine rings is 1. The number of amides is 1. The first-order valence-corrected chi connectivity index (χ1v) is 10.9. The minimum Gasteiger partial charge on any atom is -0.465 e. The van der Waals surface area contributed by atoms with E-state index in [2.05, 4.69) is 22.5 Å². The van der Waals surface area contributed by atoms with E-state index in [1.807, 2.05) is 17.1 Å². The first-order valence-electron chi connectivity index (χ1n) is 10.9. The number of anilines is 1. The lowest BCUT2D eigenvalue weighted by Gasteiger charge is -2.31. The molecule has 2 fully saturated rings. The summed E-state index contributed by atoms with van der Waals surface area (Å²) in [7, 11) is 0. The Kier molecular flexibility index (Phi) is 4.75. The summed E-state index contributed by atoms with van der Waals surface area (Å²) < 4.78 is 1.89. The van der Waals surface area contributed by atoms with Crippen LogP contribution < -0.4 is 5.32 Å². The van der Waals surface area contributed by atoms with Crippen LogP contribution in [-0.2, 0) is 11.4 Å². The lowest BCUT2D eigenvalue weighted by molar-refractivity contribution is -0.0126. The van der Waals surface area contributed by atoms with Crippen LogP contribution in [0.3, 0.4) is 0 Å². The number of oxime groups is 1. The summed E-state index contributed by atoms with van der Waals surface area (Å²) in [6.07, 6.45) is 9.76. The third-order valence-electron chi connectivity index (χ3n) is 6.74. The molecule has 1 spiro atoms. The summed E-state index contributed by atoms with van der Waals surface area (Å²) in [5, 5.41) is 22.9. The van der Waals surface area contributed by atoms with Gasteiger partial charge in [-0.3, -0.25) is 0 Å². The molecule has 1 aliphatic carbocycles. The Morgan fingerprint density at radius 3 is 2.77 bits per heavy atom. The van der Waals surface area contributed by atoms with Gasteiger partial charge in [-0.15, -0.1) is 0 Å². The van der Waals surface area contributed by atoms with Crippen molar-refractivity contribution in [1.82, 2.24) is 19.7 Å². The molecule has 0 radical (unpaired) electrons. The highest BCUT2D eigenvalue weighted by molar-refractivity contribution is 6.10. The van der Waals surface area contributed by atoms with E-state index >= 15 is 0 Å². The van der Waals surface area contributed by atoms with E-state index in [1.165, 1.54) is 17.7 Å². The van der Waals surface area contributed by atoms with E-state index in [1.54, 1.807) is 0 Å². The van der Waals surface area contributed by atoms with Crippen LogP contribution in [0.5, 0.6) is 0 Å². The summed E-state index contributed by atoms with van der Waals surface area (Å²) in [6, 6.07) is 0.193. The van der Waals surface area contributed by atoms with Gasteiger partial charge in [-0.05, 0) is 45.4 Å². The molecule has 2 aromatic rings. The van der Waals surface area contributed by atoms with Crippen molar-refractivity contribution >= 4 is 28.5 Å². The Labute approximate surface area is 175 Å². The van der Waals surface area contributed by atoms with Crippen molar-refractivity contribution in [3.8, 4) is 0 Å². The standard InChI is InChI=1S/C21H28N6O3/c1-2-27-19-16(13-23-27)18(24-14-5-9-26(10-6-14)20(28)29)15(12-22-19)17-11-21(30-25-17)7-3-4-8-21/h12-14H,2-11H2,1H3,(H,22,24)(H,28,29). The molecule has 30 heavy (non-hydrogen) atoms. The third-order valence-corrected chi connectivity index (χ3v) is 6.74. The molecule has 5 rings (SSSR count). The van der Waals surface area contributed by atoms with Gasteiger partial charge in [-0.25, -0.2) is 14.5 Å². The number of likely N-dealkylation sites (tertiary alicyclic amines) is 1. The molecule has 2 N–H and O–H groups in total. The Balaban J connectivity index is 1.46. The Bertz CT molecular complexity index is 986. The number of nitrogens with one attached hydrogen (secondary N) is 1. The molecular weight excluding hydrogens is 384 g/mol. The third kappa shape index (κ3) is 3.26. The van der Waals surface area contributed by atoms with Gasteiger partial charge in [0.2, 0.25) is 0 Å². The molecule has 1 saturated heterocycles. The largest absolute Gasteiger partial charge is 0.465 e.